The molecular weight excluding hydrogens is 258 g/mol. The van der Waals surface area contributed by atoms with Crippen molar-refractivity contribution in [2.45, 2.75) is 26.2 Å². The van der Waals surface area contributed by atoms with Crippen molar-refractivity contribution in [1.29, 1.82) is 0 Å². The number of furan rings is 1. The van der Waals surface area contributed by atoms with Crippen molar-refractivity contribution in [3.63, 3.8) is 0 Å². The highest BCUT2D eigenvalue weighted by atomic mass is 16.4. The summed E-state index contributed by atoms with van der Waals surface area (Å²) in [5, 5.41) is 9.13. The average molecular weight is 275 g/mol. The van der Waals surface area contributed by atoms with Crippen LogP contribution in [0.3, 0.4) is 0 Å². The van der Waals surface area contributed by atoms with Crippen molar-refractivity contribution in [2.75, 3.05) is 14.1 Å². The van der Waals surface area contributed by atoms with Crippen LogP contribution in [0.25, 0.3) is 0 Å². The number of Topliss-reactive ketones (excluding diaryl/α,β-unsaturated/α-hetero) is 1. The van der Waals surface area contributed by atoms with Crippen LogP contribution in [-0.4, -0.2) is 35.9 Å². The quantitative estimate of drug-likeness (QED) is 0.838. The molecule has 0 amide bonds. The maximum Gasteiger partial charge on any atom is 0.372 e. The second-order valence-corrected chi connectivity index (χ2v) is 5.95. The number of nitrogens with zero attached hydrogens (tertiary/aromatic N) is 1. The number of carboxylic acids is 1. The van der Waals surface area contributed by atoms with Gasteiger partial charge in [0.1, 0.15) is 5.76 Å². The van der Waals surface area contributed by atoms with Gasteiger partial charge in [0.2, 0.25) is 5.76 Å². The Labute approximate surface area is 116 Å². The van der Waals surface area contributed by atoms with E-state index in [2.05, 4.69) is 0 Å². The van der Waals surface area contributed by atoms with Crippen LogP contribution in [0.2, 0.25) is 0 Å². The van der Waals surface area contributed by atoms with E-state index in [-0.39, 0.29) is 17.0 Å². The smallest absolute Gasteiger partial charge is 0.372 e. The molecule has 0 bridgehead atoms. The molecule has 106 valence electrons. The monoisotopic (exact) mass is 275 g/mol. The van der Waals surface area contributed by atoms with Crippen molar-refractivity contribution in [2.24, 2.45) is 5.41 Å². The van der Waals surface area contributed by atoms with Crippen molar-refractivity contribution in [3.8, 4) is 0 Å². The number of ketones is 1. The summed E-state index contributed by atoms with van der Waals surface area (Å²) in [5.74, 6) is -0.762. The lowest BCUT2D eigenvalue weighted by Gasteiger charge is -2.24. The van der Waals surface area contributed by atoms with Crippen molar-refractivity contribution < 1.29 is 19.1 Å². The Morgan fingerprint density at radius 1 is 1.40 bits per heavy atom. The minimum absolute atomic E-state index is 0.0776. The normalized spacial score (nSPS) is 21.1. The summed E-state index contributed by atoms with van der Waals surface area (Å²) < 4.78 is 5.44. The summed E-state index contributed by atoms with van der Waals surface area (Å²) >= 11 is 0. The van der Waals surface area contributed by atoms with Crippen LogP contribution >= 0.6 is 0 Å². The van der Waals surface area contributed by atoms with Crippen LogP contribution < -0.4 is 0 Å². The molecule has 0 unspecified atom stereocenters. The van der Waals surface area contributed by atoms with E-state index >= 15 is 0 Å². The zero-order valence-corrected chi connectivity index (χ0v) is 11.8. The number of rotatable bonds is 2. The molecule has 5 heteroatoms. The number of fused-ring (bicyclic) bond motifs is 1. The SMILES string of the molecule is Cc1c(C(=O)O)oc2c1C(=O)/C(=C\N(C)C)C1(CC1)C2. The fourth-order valence-electron chi connectivity index (χ4n) is 3.03. The lowest BCUT2D eigenvalue weighted by molar-refractivity contribution is 0.0658. The van der Waals surface area contributed by atoms with Gasteiger partial charge in [0, 0.05) is 43.3 Å². The van der Waals surface area contributed by atoms with Crippen molar-refractivity contribution in [1.82, 2.24) is 4.90 Å². The van der Waals surface area contributed by atoms with Gasteiger partial charge in [-0.1, -0.05) is 0 Å². The third-order valence-corrected chi connectivity index (χ3v) is 4.20. The van der Waals surface area contributed by atoms with Gasteiger partial charge in [-0.15, -0.1) is 0 Å². The molecule has 2 aliphatic rings. The van der Waals surface area contributed by atoms with Crippen LogP contribution in [0.1, 0.15) is 45.1 Å². The summed E-state index contributed by atoms with van der Waals surface area (Å²) in [7, 11) is 3.77. The van der Waals surface area contributed by atoms with Gasteiger partial charge in [-0.3, -0.25) is 4.79 Å². The maximum atomic E-state index is 12.7. The third kappa shape index (κ3) is 1.69. The van der Waals surface area contributed by atoms with Crippen LogP contribution in [0.15, 0.2) is 16.2 Å². The van der Waals surface area contributed by atoms with Gasteiger partial charge < -0.3 is 14.4 Å². The Morgan fingerprint density at radius 2 is 2.05 bits per heavy atom. The molecule has 5 nitrogen and oxygen atoms in total. The topological polar surface area (TPSA) is 70.7 Å². The number of hydrogen-bond acceptors (Lipinski definition) is 4. The highest BCUT2D eigenvalue weighted by Crippen LogP contribution is 2.58. The molecule has 1 N–H and O–H groups in total. The highest BCUT2D eigenvalue weighted by molar-refractivity contribution is 6.13. The van der Waals surface area contributed by atoms with E-state index in [1.165, 1.54) is 0 Å². The zero-order chi connectivity index (χ0) is 14.7. The summed E-state index contributed by atoms with van der Waals surface area (Å²) in [6, 6.07) is 0. The number of allylic oxidation sites excluding steroid dienone is 1. The predicted molar refractivity (Wildman–Crippen MR) is 71.9 cm³/mol. The van der Waals surface area contributed by atoms with Crippen molar-refractivity contribution >= 4 is 11.8 Å². The first-order chi connectivity index (χ1) is 9.35. The molecule has 0 radical (unpaired) electrons. The van der Waals surface area contributed by atoms with Gasteiger partial charge >= 0.3 is 5.97 Å². The molecule has 1 fully saturated rings. The first-order valence-corrected chi connectivity index (χ1v) is 6.65. The molecule has 1 aromatic rings. The van der Waals surface area contributed by atoms with E-state index in [0.717, 1.165) is 18.4 Å². The second-order valence-electron chi connectivity index (χ2n) is 5.95. The van der Waals surface area contributed by atoms with Crippen LogP contribution in [-0.2, 0) is 6.42 Å². The van der Waals surface area contributed by atoms with Crippen LogP contribution in [0.4, 0.5) is 0 Å². The van der Waals surface area contributed by atoms with E-state index < -0.39 is 5.97 Å². The van der Waals surface area contributed by atoms with E-state index in [0.29, 0.717) is 23.3 Å². The number of carbonyl (C=O) groups is 2. The lowest BCUT2D eigenvalue weighted by Crippen LogP contribution is -2.26. The summed E-state index contributed by atoms with van der Waals surface area (Å²) in [6.45, 7) is 1.64. The van der Waals surface area contributed by atoms with E-state index in [9.17, 15) is 9.59 Å². The van der Waals surface area contributed by atoms with Crippen molar-refractivity contribution in [3.05, 3.63) is 34.4 Å². The van der Waals surface area contributed by atoms with Gasteiger partial charge in [0.15, 0.2) is 5.78 Å². The first-order valence-electron chi connectivity index (χ1n) is 6.65. The Bertz CT molecular complexity index is 647. The minimum Gasteiger partial charge on any atom is -0.475 e. The molecule has 0 aliphatic heterocycles. The molecule has 1 spiro atoms. The third-order valence-electron chi connectivity index (χ3n) is 4.20. The molecule has 0 saturated heterocycles. The summed E-state index contributed by atoms with van der Waals surface area (Å²) in [6.07, 6.45) is 4.41. The maximum absolute atomic E-state index is 12.7. The number of carboxylic acid groups (broad SMARTS) is 1. The molecule has 0 aromatic carbocycles. The number of carbonyl (C=O) groups excluding carboxylic acids is 1. The van der Waals surface area contributed by atoms with Crippen LogP contribution in [0, 0.1) is 12.3 Å². The fraction of sp³-hybridized carbons (Fsp3) is 0.467. The molecule has 1 aromatic heterocycles. The van der Waals surface area contributed by atoms with Gasteiger partial charge in [0.05, 0.1) is 5.56 Å². The molecule has 20 heavy (non-hydrogen) atoms. The molecule has 1 saturated carbocycles. The predicted octanol–water partition coefficient (Wildman–Crippen LogP) is 2.25. The Kier molecular flexibility index (Phi) is 2.58. The average Bonchev–Trinajstić information content (AvgIpc) is 3.02. The fourth-order valence-corrected chi connectivity index (χ4v) is 3.03. The second kappa shape index (κ2) is 3.98. The standard InChI is InChI=1S/C15H17NO4/c1-8-11-10(20-13(8)14(18)19)6-15(4-5-15)9(12(11)17)7-16(2)3/h7H,4-6H2,1-3H3,(H,18,19)/b9-7+. The lowest BCUT2D eigenvalue weighted by atomic mass is 9.79. The first kappa shape index (κ1) is 13.0. The van der Waals surface area contributed by atoms with Gasteiger partial charge in [-0.25, -0.2) is 4.79 Å². The van der Waals surface area contributed by atoms with E-state index in [1.54, 1.807) is 6.92 Å². The largest absolute Gasteiger partial charge is 0.475 e. The molecule has 1 heterocycles. The van der Waals surface area contributed by atoms with Crippen LogP contribution in [0.5, 0.6) is 0 Å². The molecule has 2 aliphatic carbocycles. The Morgan fingerprint density at radius 3 is 2.55 bits per heavy atom. The van der Waals surface area contributed by atoms with E-state index in [1.807, 2.05) is 25.2 Å². The number of hydrogen-bond donors (Lipinski definition) is 1. The van der Waals surface area contributed by atoms with Gasteiger partial charge in [-0.05, 0) is 19.8 Å². The molecule has 0 atom stereocenters. The zero-order valence-electron chi connectivity index (χ0n) is 11.8. The van der Waals surface area contributed by atoms with E-state index in [4.69, 9.17) is 9.52 Å². The Hall–Kier alpha value is -2.04. The molecule has 3 rings (SSSR count). The minimum atomic E-state index is -1.12. The van der Waals surface area contributed by atoms with Gasteiger partial charge in [0.25, 0.3) is 0 Å². The number of aromatic carboxylic acids is 1. The summed E-state index contributed by atoms with van der Waals surface area (Å²) in [5.41, 5.74) is 1.55. The molecular formula is C15H17NO4. The Balaban J connectivity index is 2.16. The van der Waals surface area contributed by atoms with Gasteiger partial charge in [-0.2, -0.15) is 0 Å². The summed E-state index contributed by atoms with van der Waals surface area (Å²) in [4.78, 5) is 25.7. The highest BCUT2D eigenvalue weighted by Gasteiger charge is 2.54.